The number of carbonyl (C=O) groups excluding carboxylic acids is 3. The first-order valence-corrected chi connectivity index (χ1v) is 10.0. The minimum atomic E-state index is -0.615. The maximum absolute atomic E-state index is 13.2. The van der Waals surface area contributed by atoms with Crippen molar-refractivity contribution in [3.05, 3.63) is 71.3 Å². The zero-order valence-electron chi connectivity index (χ0n) is 16.6. The quantitative estimate of drug-likeness (QED) is 0.805. The summed E-state index contributed by atoms with van der Waals surface area (Å²) in [5, 5.41) is 0. The highest BCUT2D eigenvalue weighted by Crippen LogP contribution is 2.21. The molecule has 2 aromatic rings. The Bertz CT molecular complexity index is 928. The fraction of sp³-hybridized carbons (Fsp3) is 0.348. The number of hydrogen-bond donors (Lipinski definition) is 0. The molecule has 0 radical (unpaired) electrons. The topological polar surface area (TPSA) is 60.9 Å². The van der Waals surface area contributed by atoms with E-state index in [2.05, 4.69) is 0 Å². The Morgan fingerprint density at radius 3 is 2.59 bits per heavy atom. The minimum absolute atomic E-state index is 0.0459. The average Bonchev–Trinajstić information content (AvgIpc) is 2.96. The van der Waals surface area contributed by atoms with Crippen LogP contribution in [0.2, 0.25) is 0 Å². The summed E-state index contributed by atoms with van der Waals surface area (Å²) >= 11 is 0. The molecule has 1 unspecified atom stereocenters. The number of rotatable bonds is 3. The summed E-state index contributed by atoms with van der Waals surface area (Å²) in [6, 6.07) is 16.5. The van der Waals surface area contributed by atoms with E-state index in [4.69, 9.17) is 0 Å². The number of amides is 3. The van der Waals surface area contributed by atoms with Gasteiger partial charge in [-0.2, -0.15) is 0 Å². The zero-order valence-corrected chi connectivity index (χ0v) is 16.6. The number of aryl methyl sites for hydroxylation is 1. The van der Waals surface area contributed by atoms with Gasteiger partial charge in [0, 0.05) is 25.2 Å². The largest absolute Gasteiger partial charge is 0.336 e. The van der Waals surface area contributed by atoms with E-state index < -0.39 is 6.04 Å². The third kappa shape index (κ3) is 4.01. The van der Waals surface area contributed by atoms with Crippen LogP contribution in [0.25, 0.3) is 0 Å². The maximum atomic E-state index is 13.2. The Balaban J connectivity index is 1.54. The van der Waals surface area contributed by atoms with Gasteiger partial charge in [-0.1, -0.05) is 48.0 Å². The summed E-state index contributed by atoms with van der Waals surface area (Å²) in [6.07, 6.45) is 0.672. The van der Waals surface area contributed by atoms with E-state index in [1.807, 2.05) is 55.5 Å². The Morgan fingerprint density at radius 2 is 1.83 bits per heavy atom. The van der Waals surface area contributed by atoms with E-state index >= 15 is 0 Å². The molecule has 2 aliphatic heterocycles. The number of benzene rings is 2. The molecule has 2 aliphatic rings. The molecule has 2 heterocycles. The summed E-state index contributed by atoms with van der Waals surface area (Å²) in [5.41, 5.74) is 2.63. The van der Waals surface area contributed by atoms with Gasteiger partial charge in [-0.15, -0.1) is 0 Å². The van der Waals surface area contributed by atoms with Crippen LogP contribution in [-0.4, -0.2) is 64.6 Å². The lowest BCUT2D eigenvalue weighted by Gasteiger charge is -2.40. The molecule has 6 nitrogen and oxygen atoms in total. The van der Waals surface area contributed by atoms with Crippen LogP contribution in [0, 0.1) is 6.92 Å². The van der Waals surface area contributed by atoms with Crippen LogP contribution in [0.15, 0.2) is 54.6 Å². The Hall–Kier alpha value is -3.15. The zero-order chi connectivity index (χ0) is 20.4. The summed E-state index contributed by atoms with van der Waals surface area (Å²) in [6.45, 7) is 3.73. The van der Waals surface area contributed by atoms with Crippen molar-refractivity contribution in [3.63, 3.8) is 0 Å². The van der Waals surface area contributed by atoms with Gasteiger partial charge in [0.25, 0.3) is 5.91 Å². The Morgan fingerprint density at radius 1 is 1.03 bits per heavy atom. The molecule has 2 fully saturated rings. The molecule has 1 atom stereocenters. The first-order valence-electron chi connectivity index (χ1n) is 10.0. The standard InChI is InChI=1S/C23H25N3O3/c1-17-7-5-10-19(13-17)22(28)24-11-6-12-26-20(15-24)23(29)25(16-21(26)27)14-18-8-3-2-4-9-18/h2-5,7-10,13,20H,6,11-12,14-16H2,1H3. The molecule has 2 aromatic carbocycles. The molecule has 0 saturated carbocycles. The molecule has 150 valence electrons. The predicted octanol–water partition coefficient (Wildman–Crippen LogP) is 2.08. The second kappa shape index (κ2) is 8.07. The SMILES string of the molecule is Cc1cccc(C(=O)N2CCCN3C(=O)CN(Cc4ccccc4)C(=O)C3C2)c1. The molecule has 0 bridgehead atoms. The molecule has 3 amide bonds. The third-order valence-electron chi connectivity index (χ3n) is 5.61. The van der Waals surface area contributed by atoms with Crippen LogP contribution in [0.3, 0.4) is 0 Å². The highest BCUT2D eigenvalue weighted by Gasteiger charge is 2.42. The van der Waals surface area contributed by atoms with E-state index in [0.717, 1.165) is 11.1 Å². The summed E-state index contributed by atoms with van der Waals surface area (Å²) in [5.74, 6) is -0.219. The third-order valence-corrected chi connectivity index (χ3v) is 5.61. The number of nitrogens with zero attached hydrogens (tertiary/aromatic N) is 3. The van der Waals surface area contributed by atoms with Crippen molar-refractivity contribution in [2.75, 3.05) is 26.2 Å². The van der Waals surface area contributed by atoms with Crippen molar-refractivity contribution in [1.29, 1.82) is 0 Å². The fourth-order valence-electron chi connectivity index (χ4n) is 4.12. The second-order valence-electron chi connectivity index (χ2n) is 7.76. The molecule has 6 heteroatoms. The van der Waals surface area contributed by atoms with Gasteiger partial charge in [-0.05, 0) is 31.0 Å². The number of fused-ring (bicyclic) bond motifs is 1. The van der Waals surface area contributed by atoms with Gasteiger partial charge >= 0.3 is 0 Å². The lowest BCUT2D eigenvalue weighted by molar-refractivity contribution is -0.156. The maximum Gasteiger partial charge on any atom is 0.253 e. The van der Waals surface area contributed by atoms with Gasteiger partial charge in [-0.25, -0.2) is 0 Å². The molecule has 0 spiro atoms. The van der Waals surface area contributed by atoms with Gasteiger partial charge < -0.3 is 14.7 Å². The molecular weight excluding hydrogens is 366 g/mol. The van der Waals surface area contributed by atoms with Crippen molar-refractivity contribution in [2.24, 2.45) is 0 Å². The number of piperazine rings is 1. The van der Waals surface area contributed by atoms with Crippen LogP contribution in [0.5, 0.6) is 0 Å². The summed E-state index contributed by atoms with van der Waals surface area (Å²) in [4.78, 5) is 44.0. The average molecular weight is 391 g/mol. The molecular formula is C23H25N3O3. The van der Waals surface area contributed by atoms with Gasteiger partial charge in [0.1, 0.15) is 12.6 Å². The molecule has 29 heavy (non-hydrogen) atoms. The lowest BCUT2D eigenvalue weighted by atomic mass is 10.1. The van der Waals surface area contributed by atoms with Crippen molar-refractivity contribution in [1.82, 2.24) is 14.7 Å². The van der Waals surface area contributed by atoms with Crippen molar-refractivity contribution < 1.29 is 14.4 Å². The van der Waals surface area contributed by atoms with E-state index in [1.165, 1.54) is 0 Å². The highest BCUT2D eigenvalue weighted by molar-refractivity contribution is 5.97. The first kappa shape index (κ1) is 19.2. The number of carbonyl (C=O) groups is 3. The van der Waals surface area contributed by atoms with Crippen LogP contribution >= 0.6 is 0 Å². The van der Waals surface area contributed by atoms with Crippen LogP contribution in [0.4, 0.5) is 0 Å². The first-order chi connectivity index (χ1) is 14.0. The Labute approximate surface area is 170 Å². The van der Waals surface area contributed by atoms with Crippen molar-refractivity contribution in [2.45, 2.75) is 25.9 Å². The lowest BCUT2D eigenvalue weighted by Crippen LogP contribution is -2.61. The highest BCUT2D eigenvalue weighted by atomic mass is 16.2. The molecule has 2 saturated heterocycles. The van der Waals surface area contributed by atoms with Crippen molar-refractivity contribution >= 4 is 17.7 Å². The predicted molar refractivity (Wildman–Crippen MR) is 109 cm³/mol. The van der Waals surface area contributed by atoms with Crippen LogP contribution < -0.4 is 0 Å². The summed E-state index contributed by atoms with van der Waals surface area (Å²) < 4.78 is 0. The molecule has 4 rings (SSSR count). The smallest absolute Gasteiger partial charge is 0.253 e. The van der Waals surface area contributed by atoms with E-state index in [-0.39, 0.29) is 30.8 Å². The fourth-order valence-corrected chi connectivity index (χ4v) is 4.12. The van der Waals surface area contributed by atoms with Gasteiger partial charge in [-0.3, -0.25) is 14.4 Å². The monoisotopic (exact) mass is 391 g/mol. The minimum Gasteiger partial charge on any atom is -0.336 e. The van der Waals surface area contributed by atoms with E-state index in [1.54, 1.807) is 20.8 Å². The van der Waals surface area contributed by atoms with Crippen LogP contribution in [0.1, 0.15) is 27.9 Å². The van der Waals surface area contributed by atoms with Gasteiger partial charge in [0.15, 0.2) is 0 Å². The molecule has 0 N–H and O–H groups in total. The van der Waals surface area contributed by atoms with Crippen LogP contribution in [-0.2, 0) is 16.1 Å². The van der Waals surface area contributed by atoms with E-state index in [0.29, 0.717) is 31.6 Å². The molecule has 0 aromatic heterocycles. The Kier molecular flexibility index (Phi) is 5.34. The normalized spacial score (nSPS) is 19.8. The van der Waals surface area contributed by atoms with Gasteiger partial charge in [0.05, 0.1) is 6.54 Å². The van der Waals surface area contributed by atoms with E-state index in [9.17, 15) is 14.4 Å². The van der Waals surface area contributed by atoms with Gasteiger partial charge in [0.2, 0.25) is 11.8 Å². The molecule has 0 aliphatic carbocycles. The summed E-state index contributed by atoms with van der Waals surface area (Å²) in [7, 11) is 0. The van der Waals surface area contributed by atoms with Crippen molar-refractivity contribution in [3.8, 4) is 0 Å². The second-order valence-corrected chi connectivity index (χ2v) is 7.76. The number of hydrogen-bond acceptors (Lipinski definition) is 3.